The van der Waals surface area contributed by atoms with Crippen molar-refractivity contribution >= 4 is 40.4 Å². The summed E-state index contributed by atoms with van der Waals surface area (Å²) in [5.41, 5.74) is -0.302. The van der Waals surface area contributed by atoms with Gasteiger partial charge in [-0.1, -0.05) is 17.7 Å². The minimum atomic E-state index is -0.632. The van der Waals surface area contributed by atoms with Gasteiger partial charge in [0.25, 0.3) is 5.91 Å². The van der Waals surface area contributed by atoms with E-state index in [1.54, 1.807) is 17.5 Å². The zero-order valence-corrected chi connectivity index (χ0v) is 10.4. The Balaban J connectivity index is 2.31. The number of halogens is 1. The number of aromatic nitrogens is 1. The Morgan fingerprint density at radius 1 is 1.44 bits per heavy atom. The molecule has 0 saturated heterocycles. The predicted molar refractivity (Wildman–Crippen MR) is 68.2 cm³/mol. The van der Waals surface area contributed by atoms with Crippen molar-refractivity contribution in [3.63, 3.8) is 0 Å². The van der Waals surface area contributed by atoms with E-state index in [1.807, 2.05) is 0 Å². The lowest BCUT2D eigenvalue weighted by molar-refractivity contribution is -0.384. The minimum Gasteiger partial charge on any atom is -0.300 e. The number of carbonyl (C=O) groups is 1. The second kappa shape index (κ2) is 5.11. The van der Waals surface area contributed by atoms with E-state index in [0.29, 0.717) is 4.88 Å². The van der Waals surface area contributed by atoms with Crippen LogP contribution < -0.4 is 5.32 Å². The molecule has 0 radical (unpaired) electrons. The molecule has 2 aromatic rings. The fraction of sp³-hybridized carbons (Fsp3) is 0. The van der Waals surface area contributed by atoms with Gasteiger partial charge in [-0.2, -0.15) is 0 Å². The minimum absolute atomic E-state index is 0.0714. The van der Waals surface area contributed by atoms with Crippen LogP contribution in [0.2, 0.25) is 5.15 Å². The molecule has 0 aliphatic carbocycles. The molecule has 0 aromatic carbocycles. The topological polar surface area (TPSA) is 85.1 Å². The summed E-state index contributed by atoms with van der Waals surface area (Å²) in [5, 5.41) is 14.9. The number of nitrogens with zero attached hydrogens (tertiary/aromatic N) is 2. The van der Waals surface area contributed by atoms with Gasteiger partial charge in [-0.25, -0.2) is 4.98 Å². The summed E-state index contributed by atoms with van der Waals surface area (Å²) in [6, 6.07) is 5.80. The zero-order valence-electron chi connectivity index (χ0n) is 8.79. The molecule has 0 aliphatic rings. The van der Waals surface area contributed by atoms with Crippen LogP contribution >= 0.6 is 22.9 Å². The molecule has 0 aliphatic heterocycles. The number of hydrogen-bond acceptors (Lipinski definition) is 5. The van der Waals surface area contributed by atoms with Gasteiger partial charge in [0.05, 0.1) is 9.80 Å². The van der Waals surface area contributed by atoms with Crippen molar-refractivity contribution in [3.05, 3.63) is 49.8 Å². The maximum Gasteiger partial charge on any atom is 0.311 e. The van der Waals surface area contributed by atoms with Gasteiger partial charge in [-0.05, 0) is 17.5 Å². The second-order valence-corrected chi connectivity index (χ2v) is 4.53. The highest BCUT2D eigenvalue weighted by Crippen LogP contribution is 2.24. The Kier molecular flexibility index (Phi) is 3.54. The molecule has 0 fully saturated rings. The summed E-state index contributed by atoms with van der Waals surface area (Å²) < 4.78 is 0. The Morgan fingerprint density at radius 2 is 2.22 bits per heavy atom. The summed E-state index contributed by atoms with van der Waals surface area (Å²) in [6.07, 6.45) is 0. The molecule has 0 unspecified atom stereocenters. The number of carbonyl (C=O) groups excluding carboxylic acids is 1. The fourth-order valence-electron chi connectivity index (χ4n) is 1.24. The molecule has 0 bridgehead atoms. The lowest BCUT2D eigenvalue weighted by Crippen LogP contribution is -2.13. The average Bonchev–Trinajstić information content (AvgIpc) is 2.81. The normalized spacial score (nSPS) is 10.1. The van der Waals surface area contributed by atoms with Crippen LogP contribution in [0.1, 0.15) is 9.67 Å². The van der Waals surface area contributed by atoms with Crippen LogP contribution in [-0.4, -0.2) is 15.8 Å². The highest BCUT2D eigenvalue weighted by Gasteiger charge is 2.18. The molecule has 1 amide bonds. The Hall–Kier alpha value is -1.99. The van der Waals surface area contributed by atoms with Crippen LogP contribution in [0.25, 0.3) is 0 Å². The molecular weight excluding hydrogens is 278 g/mol. The molecule has 0 saturated carbocycles. The predicted octanol–water partition coefficient (Wildman–Crippen LogP) is 2.96. The molecule has 2 rings (SSSR count). The van der Waals surface area contributed by atoms with E-state index in [2.05, 4.69) is 10.3 Å². The van der Waals surface area contributed by atoms with Gasteiger partial charge in [0.15, 0.2) is 0 Å². The maximum atomic E-state index is 11.8. The summed E-state index contributed by atoms with van der Waals surface area (Å²) in [4.78, 5) is 26.1. The lowest BCUT2D eigenvalue weighted by Gasteiger charge is -2.03. The number of nitro groups is 1. The van der Waals surface area contributed by atoms with Gasteiger partial charge in [-0.3, -0.25) is 14.9 Å². The van der Waals surface area contributed by atoms with Crippen molar-refractivity contribution < 1.29 is 9.72 Å². The first-order chi connectivity index (χ1) is 8.58. The van der Waals surface area contributed by atoms with Crippen molar-refractivity contribution in [2.24, 2.45) is 0 Å². The third-order valence-electron chi connectivity index (χ3n) is 2.01. The van der Waals surface area contributed by atoms with Gasteiger partial charge >= 0.3 is 5.69 Å². The van der Waals surface area contributed by atoms with Crippen LogP contribution in [0.4, 0.5) is 11.5 Å². The van der Waals surface area contributed by atoms with E-state index in [4.69, 9.17) is 11.6 Å². The second-order valence-electron chi connectivity index (χ2n) is 3.19. The first-order valence-electron chi connectivity index (χ1n) is 4.73. The van der Waals surface area contributed by atoms with Gasteiger partial charge in [0.1, 0.15) is 5.15 Å². The molecule has 0 spiro atoms. The summed E-state index contributed by atoms with van der Waals surface area (Å²) in [7, 11) is 0. The van der Waals surface area contributed by atoms with Crippen molar-refractivity contribution in [1.82, 2.24) is 4.98 Å². The quantitative estimate of drug-likeness (QED) is 0.533. The number of anilines is 1. The van der Waals surface area contributed by atoms with Crippen molar-refractivity contribution in [1.29, 1.82) is 0 Å². The SMILES string of the molecule is O=C(Nc1nc(Cl)ccc1[N+](=O)[O-])c1cccs1. The number of pyridine rings is 1. The first-order valence-corrected chi connectivity index (χ1v) is 5.99. The van der Waals surface area contributed by atoms with Crippen molar-refractivity contribution in [2.45, 2.75) is 0 Å². The van der Waals surface area contributed by atoms with E-state index < -0.39 is 10.8 Å². The van der Waals surface area contributed by atoms with E-state index in [1.165, 1.54) is 23.5 Å². The molecule has 6 nitrogen and oxygen atoms in total. The third kappa shape index (κ3) is 2.63. The van der Waals surface area contributed by atoms with Gasteiger partial charge < -0.3 is 5.32 Å². The van der Waals surface area contributed by atoms with E-state index in [-0.39, 0.29) is 16.7 Å². The maximum absolute atomic E-state index is 11.8. The van der Waals surface area contributed by atoms with E-state index >= 15 is 0 Å². The first kappa shape index (κ1) is 12.5. The van der Waals surface area contributed by atoms with Gasteiger partial charge in [0, 0.05) is 6.07 Å². The molecule has 18 heavy (non-hydrogen) atoms. The van der Waals surface area contributed by atoms with E-state index in [9.17, 15) is 14.9 Å². The number of rotatable bonds is 3. The largest absolute Gasteiger partial charge is 0.311 e. The molecule has 92 valence electrons. The zero-order chi connectivity index (χ0) is 13.1. The molecule has 2 aromatic heterocycles. The van der Waals surface area contributed by atoms with Crippen LogP contribution in [0.15, 0.2) is 29.6 Å². The van der Waals surface area contributed by atoms with Crippen molar-refractivity contribution in [3.8, 4) is 0 Å². The average molecular weight is 284 g/mol. The fourth-order valence-corrected chi connectivity index (χ4v) is 2.01. The number of amides is 1. The molecular formula is C10H6ClN3O3S. The van der Waals surface area contributed by atoms with Crippen molar-refractivity contribution in [2.75, 3.05) is 5.32 Å². The van der Waals surface area contributed by atoms with Gasteiger partial charge in [-0.15, -0.1) is 11.3 Å². The summed E-state index contributed by atoms with van der Waals surface area (Å²) >= 11 is 6.87. The van der Waals surface area contributed by atoms with Crippen LogP contribution in [0.5, 0.6) is 0 Å². The van der Waals surface area contributed by atoms with Crippen LogP contribution in [-0.2, 0) is 0 Å². The standard InChI is InChI=1S/C10H6ClN3O3S/c11-8-4-3-6(14(16)17)9(12-8)13-10(15)7-2-1-5-18-7/h1-5H,(H,12,13,15). The van der Waals surface area contributed by atoms with Crippen LogP contribution in [0.3, 0.4) is 0 Å². The summed E-state index contributed by atoms with van der Waals surface area (Å²) in [6.45, 7) is 0. The number of hydrogen-bond donors (Lipinski definition) is 1. The van der Waals surface area contributed by atoms with Crippen LogP contribution in [0, 0.1) is 10.1 Å². The van der Waals surface area contributed by atoms with E-state index in [0.717, 1.165) is 0 Å². The molecule has 1 N–H and O–H groups in total. The molecule has 2 heterocycles. The molecule has 8 heteroatoms. The number of nitrogens with one attached hydrogen (secondary N) is 1. The van der Waals surface area contributed by atoms with Gasteiger partial charge in [0.2, 0.25) is 5.82 Å². The lowest BCUT2D eigenvalue weighted by atomic mass is 10.3. The summed E-state index contributed by atoms with van der Waals surface area (Å²) in [5.74, 6) is -0.617. The third-order valence-corrected chi connectivity index (χ3v) is 3.09. The highest BCUT2D eigenvalue weighted by molar-refractivity contribution is 7.12. The number of thiophene rings is 1. The monoisotopic (exact) mass is 283 g/mol. The Morgan fingerprint density at radius 3 is 2.83 bits per heavy atom. The molecule has 0 atom stereocenters. The smallest absolute Gasteiger partial charge is 0.300 e. The Labute approximate surface area is 110 Å². The Bertz CT molecular complexity index is 600. The highest BCUT2D eigenvalue weighted by atomic mass is 35.5.